The molecule has 2 heteroatoms. The fraction of sp³-hybridized carbons (Fsp3) is 0.933. The molecule has 4 unspecified atom stereocenters. The van der Waals surface area contributed by atoms with Crippen LogP contribution in [0.25, 0.3) is 0 Å². The zero-order valence-corrected chi connectivity index (χ0v) is 11.0. The van der Waals surface area contributed by atoms with Crippen molar-refractivity contribution in [2.24, 2.45) is 17.3 Å². The van der Waals surface area contributed by atoms with Crippen molar-refractivity contribution in [2.75, 3.05) is 0 Å². The van der Waals surface area contributed by atoms with Crippen molar-refractivity contribution in [1.29, 1.82) is 5.26 Å². The van der Waals surface area contributed by atoms with Gasteiger partial charge in [-0.15, -0.1) is 0 Å². The predicted molar refractivity (Wildman–Crippen MR) is 68.3 cm³/mol. The first-order chi connectivity index (χ1) is 8.23. The summed E-state index contributed by atoms with van der Waals surface area (Å²) in [6.07, 6.45) is 9.82. The Labute approximate surface area is 105 Å². The highest BCUT2D eigenvalue weighted by Crippen LogP contribution is 2.57. The molecule has 0 heterocycles. The molecule has 2 aliphatic carbocycles. The van der Waals surface area contributed by atoms with Gasteiger partial charge >= 0.3 is 0 Å². The standard InChI is InChI=1S/C15H25NO/c1-2-3-4-5-6-14(17)15(11-16)10-12-7-8-13(15)9-12/h12-14,17H,2-10H2,1H3. The number of aliphatic hydroxyl groups is 1. The Bertz CT molecular complexity index is 296. The average molecular weight is 235 g/mol. The monoisotopic (exact) mass is 235 g/mol. The number of nitrogens with zero attached hydrogens (tertiary/aromatic N) is 1. The zero-order valence-electron chi connectivity index (χ0n) is 11.0. The van der Waals surface area contributed by atoms with Crippen LogP contribution in [-0.2, 0) is 0 Å². The number of fused-ring (bicyclic) bond motifs is 2. The van der Waals surface area contributed by atoms with Crippen molar-refractivity contribution in [1.82, 2.24) is 0 Å². The minimum atomic E-state index is -0.380. The molecule has 0 aromatic carbocycles. The molecule has 2 aliphatic rings. The molecule has 2 bridgehead atoms. The highest BCUT2D eigenvalue weighted by Gasteiger charge is 2.54. The Morgan fingerprint density at radius 2 is 2.18 bits per heavy atom. The molecule has 2 fully saturated rings. The first-order valence-corrected chi connectivity index (χ1v) is 7.32. The van der Waals surface area contributed by atoms with Crippen LogP contribution in [0.3, 0.4) is 0 Å². The SMILES string of the molecule is CCCCCCC(O)C1(C#N)CC2CCC1C2. The Hall–Kier alpha value is -0.550. The van der Waals surface area contributed by atoms with E-state index in [1.54, 1.807) is 0 Å². The average Bonchev–Trinajstić information content (AvgIpc) is 2.94. The fourth-order valence-corrected chi connectivity index (χ4v) is 4.01. The van der Waals surface area contributed by atoms with Crippen LogP contribution in [0.5, 0.6) is 0 Å². The molecule has 0 aromatic heterocycles. The molecule has 0 aliphatic heterocycles. The van der Waals surface area contributed by atoms with Gasteiger partial charge in [0, 0.05) is 0 Å². The molecule has 1 N–H and O–H groups in total. The summed E-state index contributed by atoms with van der Waals surface area (Å²) in [7, 11) is 0. The highest BCUT2D eigenvalue weighted by molar-refractivity contribution is 5.14. The number of rotatable bonds is 6. The van der Waals surface area contributed by atoms with Crippen LogP contribution in [-0.4, -0.2) is 11.2 Å². The smallest absolute Gasteiger partial charge is 0.0862 e. The quantitative estimate of drug-likeness (QED) is 0.714. The molecule has 4 atom stereocenters. The molecule has 96 valence electrons. The maximum absolute atomic E-state index is 10.4. The van der Waals surface area contributed by atoms with Gasteiger partial charge in [-0.3, -0.25) is 0 Å². The van der Waals surface area contributed by atoms with Crippen LogP contribution in [0.15, 0.2) is 0 Å². The van der Waals surface area contributed by atoms with Gasteiger partial charge < -0.3 is 5.11 Å². The Kier molecular flexibility index (Phi) is 4.09. The largest absolute Gasteiger partial charge is 0.391 e. The van der Waals surface area contributed by atoms with E-state index in [0.717, 1.165) is 25.2 Å². The first kappa shape index (κ1) is 12.9. The molecule has 0 aromatic rings. The second kappa shape index (κ2) is 5.40. The van der Waals surface area contributed by atoms with Gasteiger partial charge in [0.25, 0.3) is 0 Å². The molecule has 2 nitrogen and oxygen atoms in total. The number of hydrogen-bond donors (Lipinski definition) is 1. The van der Waals surface area contributed by atoms with Crippen molar-refractivity contribution < 1.29 is 5.11 Å². The number of unbranched alkanes of at least 4 members (excludes halogenated alkanes) is 3. The Morgan fingerprint density at radius 1 is 1.35 bits per heavy atom. The maximum atomic E-state index is 10.4. The summed E-state index contributed by atoms with van der Waals surface area (Å²) >= 11 is 0. The van der Waals surface area contributed by atoms with Crippen molar-refractivity contribution in [3.8, 4) is 6.07 Å². The van der Waals surface area contributed by atoms with Gasteiger partial charge in [-0.25, -0.2) is 0 Å². The molecule has 2 saturated carbocycles. The van der Waals surface area contributed by atoms with E-state index < -0.39 is 0 Å². The fourth-order valence-electron chi connectivity index (χ4n) is 4.01. The van der Waals surface area contributed by atoms with E-state index in [-0.39, 0.29) is 11.5 Å². The van der Waals surface area contributed by atoms with Gasteiger partial charge in [0.05, 0.1) is 17.6 Å². The highest BCUT2D eigenvalue weighted by atomic mass is 16.3. The third kappa shape index (κ3) is 2.36. The molecular weight excluding hydrogens is 210 g/mol. The van der Waals surface area contributed by atoms with Gasteiger partial charge in [0.1, 0.15) is 0 Å². The summed E-state index contributed by atoms with van der Waals surface area (Å²) in [5, 5.41) is 19.9. The Balaban J connectivity index is 1.88. The second-order valence-corrected chi connectivity index (χ2v) is 6.10. The van der Waals surface area contributed by atoms with Gasteiger partial charge in [-0.2, -0.15) is 5.26 Å². The van der Waals surface area contributed by atoms with Crippen LogP contribution < -0.4 is 0 Å². The molecule has 0 amide bonds. The third-order valence-electron chi connectivity index (χ3n) is 5.03. The van der Waals surface area contributed by atoms with E-state index in [9.17, 15) is 10.4 Å². The lowest BCUT2D eigenvalue weighted by Crippen LogP contribution is -2.38. The van der Waals surface area contributed by atoms with E-state index in [4.69, 9.17) is 0 Å². The number of aliphatic hydroxyl groups excluding tert-OH is 1. The van der Waals surface area contributed by atoms with Crippen molar-refractivity contribution in [2.45, 2.75) is 70.8 Å². The summed E-state index contributed by atoms with van der Waals surface area (Å²) < 4.78 is 0. The van der Waals surface area contributed by atoms with Gasteiger partial charge in [0.2, 0.25) is 0 Å². The molecule has 17 heavy (non-hydrogen) atoms. The summed E-state index contributed by atoms with van der Waals surface area (Å²) in [5.41, 5.74) is -0.380. The van der Waals surface area contributed by atoms with Gasteiger partial charge in [-0.1, -0.05) is 39.0 Å². The van der Waals surface area contributed by atoms with Crippen LogP contribution in [0.2, 0.25) is 0 Å². The minimum absolute atomic E-state index is 0.375. The summed E-state index contributed by atoms with van der Waals surface area (Å²) in [4.78, 5) is 0. The van der Waals surface area contributed by atoms with E-state index in [0.29, 0.717) is 5.92 Å². The van der Waals surface area contributed by atoms with Crippen molar-refractivity contribution in [3.63, 3.8) is 0 Å². The maximum Gasteiger partial charge on any atom is 0.0862 e. The zero-order chi connectivity index (χ0) is 12.3. The van der Waals surface area contributed by atoms with Crippen LogP contribution >= 0.6 is 0 Å². The van der Waals surface area contributed by atoms with E-state index in [2.05, 4.69) is 13.0 Å². The molecule has 2 rings (SSSR count). The lowest BCUT2D eigenvalue weighted by Gasteiger charge is -2.35. The van der Waals surface area contributed by atoms with Crippen LogP contribution in [0.1, 0.15) is 64.7 Å². The topological polar surface area (TPSA) is 44.0 Å². The summed E-state index contributed by atoms with van der Waals surface area (Å²) in [5.74, 6) is 1.21. The van der Waals surface area contributed by atoms with Gasteiger partial charge in [-0.05, 0) is 37.5 Å². The van der Waals surface area contributed by atoms with Crippen LogP contribution in [0.4, 0.5) is 0 Å². The predicted octanol–water partition coefficient (Wildman–Crippen LogP) is 3.65. The molecule has 0 spiro atoms. The number of nitriles is 1. The van der Waals surface area contributed by atoms with Gasteiger partial charge in [0.15, 0.2) is 0 Å². The molecule has 0 saturated heterocycles. The first-order valence-electron chi connectivity index (χ1n) is 7.32. The second-order valence-electron chi connectivity index (χ2n) is 6.10. The lowest BCUT2D eigenvalue weighted by atomic mass is 9.69. The van der Waals surface area contributed by atoms with Crippen molar-refractivity contribution >= 4 is 0 Å². The van der Waals surface area contributed by atoms with Crippen molar-refractivity contribution in [3.05, 3.63) is 0 Å². The minimum Gasteiger partial charge on any atom is -0.391 e. The normalized spacial score (nSPS) is 37.0. The summed E-state index contributed by atoms with van der Waals surface area (Å²) in [6.45, 7) is 2.20. The van der Waals surface area contributed by atoms with E-state index >= 15 is 0 Å². The van der Waals surface area contributed by atoms with E-state index in [1.165, 1.54) is 38.5 Å². The van der Waals surface area contributed by atoms with Crippen LogP contribution in [0, 0.1) is 28.6 Å². The third-order valence-corrected chi connectivity index (χ3v) is 5.03. The molecular formula is C15H25NO. The number of hydrogen-bond acceptors (Lipinski definition) is 2. The Morgan fingerprint density at radius 3 is 2.71 bits per heavy atom. The summed E-state index contributed by atoms with van der Waals surface area (Å²) in [6, 6.07) is 2.50. The van der Waals surface area contributed by atoms with E-state index in [1.807, 2.05) is 0 Å². The molecule has 0 radical (unpaired) electrons. The lowest BCUT2D eigenvalue weighted by molar-refractivity contribution is 0.0171.